The lowest BCUT2D eigenvalue weighted by Crippen LogP contribution is -2.37. The molecule has 0 bridgehead atoms. The summed E-state index contributed by atoms with van der Waals surface area (Å²) >= 11 is 0. The molecule has 0 saturated carbocycles. The molecule has 1 fully saturated rings. The third-order valence-electron chi connectivity index (χ3n) is 3.31. The van der Waals surface area contributed by atoms with Gasteiger partial charge in [0.2, 0.25) is 5.88 Å². The topological polar surface area (TPSA) is 71.5 Å². The number of nitrogens with zero attached hydrogens (tertiary/aromatic N) is 2. The molecule has 0 unspecified atom stereocenters. The molecule has 7 heteroatoms. The molecule has 0 spiro atoms. The quantitative estimate of drug-likeness (QED) is 0.897. The number of carbonyl (C=O) groups is 1. The van der Waals surface area contributed by atoms with E-state index in [2.05, 4.69) is 10.3 Å². The number of methoxy groups -OCH3 is 1. The Morgan fingerprint density at radius 3 is 3.10 bits per heavy atom. The predicted octanol–water partition coefficient (Wildman–Crippen LogP) is 1.46. The van der Waals surface area contributed by atoms with E-state index in [0.717, 1.165) is 6.42 Å². The van der Waals surface area contributed by atoms with Crippen LogP contribution in [0.15, 0.2) is 18.3 Å². The number of anilines is 1. The Morgan fingerprint density at radius 2 is 2.35 bits per heavy atom. The van der Waals surface area contributed by atoms with Crippen molar-refractivity contribution in [3.8, 4) is 5.88 Å². The van der Waals surface area contributed by atoms with Crippen LogP contribution in [0.1, 0.15) is 13.3 Å². The van der Waals surface area contributed by atoms with Crippen molar-refractivity contribution in [1.29, 1.82) is 0 Å². The zero-order chi connectivity index (χ0) is 14.5. The first-order chi connectivity index (χ1) is 9.61. The molecule has 2 atom stereocenters. The number of amides is 2. The van der Waals surface area contributed by atoms with E-state index in [4.69, 9.17) is 4.74 Å². The minimum Gasteiger partial charge on any atom is -0.480 e. The fraction of sp³-hybridized carbons (Fsp3) is 0.538. The van der Waals surface area contributed by atoms with Gasteiger partial charge in [-0.1, -0.05) is 6.92 Å². The van der Waals surface area contributed by atoms with Gasteiger partial charge in [-0.3, -0.25) is 4.21 Å². The number of pyridine rings is 1. The molecule has 1 aliphatic heterocycles. The molecule has 1 aliphatic rings. The van der Waals surface area contributed by atoms with Gasteiger partial charge in [-0.05, 0) is 18.6 Å². The monoisotopic (exact) mass is 297 g/mol. The summed E-state index contributed by atoms with van der Waals surface area (Å²) in [5.41, 5.74) is 0.540. The number of hydrogen-bond acceptors (Lipinski definition) is 4. The van der Waals surface area contributed by atoms with E-state index in [9.17, 15) is 9.00 Å². The SMILES string of the molecule is COc1ncccc1NC(=O)N1CC[C@H](C)[S@@](=O)CC1. The van der Waals surface area contributed by atoms with E-state index in [1.54, 1.807) is 23.2 Å². The van der Waals surface area contributed by atoms with Crippen molar-refractivity contribution >= 4 is 22.5 Å². The molecular formula is C13H19N3O3S. The van der Waals surface area contributed by atoms with Gasteiger partial charge in [-0.15, -0.1) is 0 Å². The van der Waals surface area contributed by atoms with Crippen molar-refractivity contribution in [1.82, 2.24) is 9.88 Å². The third-order valence-corrected chi connectivity index (χ3v) is 5.03. The molecular weight excluding hydrogens is 278 g/mol. The lowest BCUT2D eigenvalue weighted by Gasteiger charge is -2.20. The van der Waals surface area contributed by atoms with Gasteiger partial charge in [-0.25, -0.2) is 9.78 Å². The summed E-state index contributed by atoms with van der Waals surface area (Å²) in [6.07, 6.45) is 2.36. The smallest absolute Gasteiger partial charge is 0.322 e. The summed E-state index contributed by atoms with van der Waals surface area (Å²) in [5, 5.41) is 2.93. The van der Waals surface area contributed by atoms with Crippen molar-refractivity contribution in [3.63, 3.8) is 0 Å². The van der Waals surface area contributed by atoms with Gasteiger partial charge >= 0.3 is 6.03 Å². The van der Waals surface area contributed by atoms with E-state index in [-0.39, 0.29) is 11.3 Å². The van der Waals surface area contributed by atoms with Crippen molar-refractivity contribution in [2.75, 3.05) is 31.3 Å². The average molecular weight is 297 g/mol. The molecule has 1 saturated heterocycles. The van der Waals surface area contributed by atoms with Crippen LogP contribution in [0.5, 0.6) is 5.88 Å². The molecule has 1 N–H and O–H groups in total. The normalized spacial score (nSPS) is 23.0. The average Bonchev–Trinajstić information content (AvgIpc) is 2.62. The van der Waals surface area contributed by atoms with Gasteiger partial charge in [0, 0.05) is 41.1 Å². The van der Waals surface area contributed by atoms with E-state index in [1.807, 2.05) is 6.92 Å². The molecule has 6 nitrogen and oxygen atoms in total. The van der Waals surface area contributed by atoms with Crippen LogP contribution in [0.4, 0.5) is 10.5 Å². The molecule has 0 aromatic carbocycles. The van der Waals surface area contributed by atoms with Crippen LogP contribution in [-0.4, -0.2) is 51.3 Å². The van der Waals surface area contributed by atoms with Crippen molar-refractivity contribution < 1.29 is 13.7 Å². The Hall–Kier alpha value is -1.63. The predicted molar refractivity (Wildman–Crippen MR) is 78.5 cm³/mol. The maximum absolute atomic E-state index is 12.2. The van der Waals surface area contributed by atoms with Crippen LogP contribution in [0.3, 0.4) is 0 Å². The third kappa shape index (κ3) is 3.47. The highest BCUT2D eigenvalue weighted by molar-refractivity contribution is 7.85. The van der Waals surface area contributed by atoms with E-state index >= 15 is 0 Å². The second-order valence-corrected chi connectivity index (χ2v) is 6.64. The van der Waals surface area contributed by atoms with Crippen LogP contribution in [0, 0.1) is 0 Å². The molecule has 0 aliphatic carbocycles. The standard InChI is InChI=1S/C13H19N3O3S/c1-10-5-7-16(8-9-20(10)18)13(17)15-11-4-3-6-14-12(11)19-2/h3-4,6,10H,5,7-9H2,1-2H3,(H,15,17)/t10-,20-/m0/s1. The number of ether oxygens (including phenoxy) is 1. The highest BCUT2D eigenvalue weighted by Gasteiger charge is 2.23. The Kier molecular flexibility index (Phi) is 4.94. The van der Waals surface area contributed by atoms with Gasteiger partial charge in [0.1, 0.15) is 5.69 Å². The number of aromatic nitrogens is 1. The van der Waals surface area contributed by atoms with E-state index < -0.39 is 10.8 Å². The molecule has 1 aromatic heterocycles. The van der Waals surface area contributed by atoms with Crippen LogP contribution in [0.25, 0.3) is 0 Å². The minimum absolute atomic E-state index is 0.140. The molecule has 2 amide bonds. The molecule has 1 aromatic rings. The minimum atomic E-state index is -0.851. The van der Waals surface area contributed by atoms with Gasteiger partial charge < -0.3 is 15.0 Å². The van der Waals surface area contributed by atoms with Crippen LogP contribution in [0.2, 0.25) is 0 Å². The van der Waals surface area contributed by atoms with Crippen LogP contribution >= 0.6 is 0 Å². The highest BCUT2D eigenvalue weighted by atomic mass is 32.2. The Labute approximate surface area is 121 Å². The van der Waals surface area contributed by atoms with Gasteiger partial charge in [0.25, 0.3) is 0 Å². The lowest BCUT2D eigenvalue weighted by atomic mass is 10.3. The molecule has 2 heterocycles. The largest absolute Gasteiger partial charge is 0.480 e. The van der Waals surface area contributed by atoms with Crippen molar-refractivity contribution in [2.45, 2.75) is 18.6 Å². The fourth-order valence-corrected chi connectivity index (χ4v) is 3.20. The number of carbonyl (C=O) groups excluding carboxylic acids is 1. The van der Waals surface area contributed by atoms with Gasteiger partial charge in [0.15, 0.2) is 0 Å². The van der Waals surface area contributed by atoms with Crippen LogP contribution < -0.4 is 10.1 Å². The van der Waals surface area contributed by atoms with Gasteiger partial charge in [-0.2, -0.15) is 0 Å². The Balaban J connectivity index is 2.03. The van der Waals surface area contributed by atoms with E-state index in [1.165, 1.54) is 7.11 Å². The van der Waals surface area contributed by atoms with Gasteiger partial charge in [0.05, 0.1) is 7.11 Å². The van der Waals surface area contributed by atoms with Crippen molar-refractivity contribution in [3.05, 3.63) is 18.3 Å². The summed E-state index contributed by atoms with van der Waals surface area (Å²) in [6.45, 7) is 3.08. The highest BCUT2D eigenvalue weighted by Crippen LogP contribution is 2.20. The molecule has 2 rings (SSSR count). The van der Waals surface area contributed by atoms with E-state index in [0.29, 0.717) is 30.4 Å². The van der Waals surface area contributed by atoms with Crippen molar-refractivity contribution in [2.24, 2.45) is 0 Å². The first kappa shape index (κ1) is 14.8. The number of hydrogen-bond donors (Lipinski definition) is 1. The summed E-state index contributed by atoms with van der Waals surface area (Å²) < 4.78 is 16.9. The molecule has 0 radical (unpaired) electrons. The first-order valence-corrected chi connectivity index (χ1v) is 7.92. The summed E-state index contributed by atoms with van der Waals surface area (Å²) in [5.74, 6) is 0.909. The second kappa shape index (κ2) is 6.69. The fourth-order valence-electron chi connectivity index (χ4n) is 2.03. The number of rotatable bonds is 2. The maximum atomic E-state index is 12.2. The van der Waals surface area contributed by atoms with Crippen LogP contribution in [-0.2, 0) is 10.8 Å². The summed E-state index contributed by atoms with van der Waals surface area (Å²) in [6, 6.07) is 3.27. The summed E-state index contributed by atoms with van der Waals surface area (Å²) in [7, 11) is 0.658. The number of nitrogens with one attached hydrogen (secondary N) is 1. The number of urea groups is 1. The first-order valence-electron chi connectivity index (χ1n) is 6.54. The second-order valence-electron chi connectivity index (χ2n) is 4.66. The maximum Gasteiger partial charge on any atom is 0.322 e. The molecule has 20 heavy (non-hydrogen) atoms. The zero-order valence-electron chi connectivity index (χ0n) is 11.7. The summed E-state index contributed by atoms with van der Waals surface area (Å²) in [4.78, 5) is 18.0. The Bertz CT molecular complexity index is 509. The zero-order valence-corrected chi connectivity index (χ0v) is 12.5. The molecule has 110 valence electrons. The lowest BCUT2D eigenvalue weighted by molar-refractivity contribution is 0.215. The Morgan fingerprint density at radius 1 is 1.55 bits per heavy atom.